The largest absolute Gasteiger partial charge is 0.496 e. The summed E-state index contributed by atoms with van der Waals surface area (Å²) in [6.45, 7) is 12.5. The Morgan fingerprint density at radius 1 is 1.06 bits per heavy atom. The smallest absolute Gasteiger partial charge is 0.317 e. The SMILES string of the molecule is COc1cc(C(=O)N2CCN(C(=O)NCC(CC(C)C)N3CCOCC3)CC2)ccc1C. The molecule has 2 heterocycles. The predicted molar refractivity (Wildman–Crippen MR) is 124 cm³/mol. The summed E-state index contributed by atoms with van der Waals surface area (Å²) in [7, 11) is 1.61. The summed E-state index contributed by atoms with van der Waals surface area (Å²) >= 11 is 0. The van der Waals surface area contributed by atoms with Crippen LogP contribution in [0.3, 0.4) is 0 Å². The number of nitrogens with one attached hydrogen (secondary N) is 1. The van der Waals surface area contributed by atoms with Crippen LogP contribution < -0.4 is 10.1 Å². The average molecular weight is 447 g/mol. The van der Waals surface area contributed by atoms with Crippen LogP contribution in [0.2, 0.25) is 0 Å². The lowest BCUT2D eigenvalue weighted by Crippen LogP contribution is -2.55. The molecule has 0 saturated carbocycles. The maximum absolute atomic E-state index is 12.9. The highest BCUT2D eigenvalue weighted by molar-refractivity contribution is 5.95. The van der Waals surface area contributed by atoms with Crippen LogP contribution in [0.25, 0.3) is 0 Å². The zero-order chi connectivity index (χ0) is 23.1. The molecular formula is C24H38N4O4. The van der Waals surface area contributed by atoms with Crippen molar-refractivity contribution >= 4 is 11.9 Å². The van der Waals surface area contributed by atoms with Crippen LogP contribution in [0.15, 0.2) is 18.2 Å². The second-order valence-corrected chi connectivity index (χ2v) is 9.08. The van der Waals surface area contributed by atoms with Crippen molar-refractivity contribution in [1.29, 1.82) is 0 Å². The van der Waals surface area contributed by atoms with E-state index in [2.05, 4.69) is 24.1 Å². The molecule has 1 aromatic carbocycles. The van der Waals surface area contributed by atoms with E-state index in [1.165, 1.54) is 0 Å². The van der Waals surface area contributed by atoms with E-state index in [0.29, 0.717) is 56.0 Å². The third-order valence-corrected chi connectivity index (χ3v) is 6.30. The summed E-state index contributed by atoms with van der Waals surface area (Å²) in [6.07, 6.45) is 1.04. The Morgan fingerprint density at radius 3 is 2.34 bits per heavy atom. The molecule has 32 heavy (non-hydrogen) atoms. The first-order valence-corrected chi connectivity index (χ1v) is 11.7. The number of hydrogen-bond donors (Lipinski definition) is 1. The molecule has 1 aromatic rings. The van der Waals surface area contributed by atoms with Gasteiger partial charge in [-0.2, -0.15) is 0 Å². The van der Waals surface area contributed by atoms with Crippen LogP contribution in [0, 0.1) is 12.8 Å². The molecule has 0 spiro atoms. The molecule has 0 aliphatic carbocycles. The molecule has 2 fully saturated rings. The van der Waals surface area contributed by atoms with Gasteiger partial charge in [0.2, 0.25) is 0 Å². The van der Waals surface area contributed by atoms with Crippen molar-refractivity contribution in [2.75, 3.05) is 66.1 Å². The maximum atomic E-state index is 12.9. The molecule has 2 aliphatic heterocycles. The number of urea groups is 1. The van der Waals surface area contributed by atoms with Gasteiger partial charge in [0.25, 0.3) is 5.91 Å². The summed E-state index contributed by atoms with van der Waals surface area (Å²) in [6, 6.07) is 5.80. The van der Waals surface area contributed by atoms with Gasteiger partial charge in [0.15, 0.2) is 0 Å². The molecule has 178 valence electrons. The molecule has 0 bridgehead atoms. The van der Waals surface area contributed by atoms with Gasteiger partial charge in [-0.05, 0) is 37.0 Å². The first-order chi connectivity index (χ1) is 15.4. The number of hydrogen-bond acceptors (Lipinski definition) is 5. The van der Waals surface area contributed by atoms with E-state index in [1.54, 1.807) is 13.2 Å². The van der Waals surface area contributed by atoms with Crippen LogP contribution in [-0.4, -0.2) is 98.8 Å². The minimum Gasteiger partial charge on any atom is -0.496 e. The Hall–Kier alpha value is -2.32. The fourth-order valence-corrected chi connectivity index (χ4v) is 4.41. The van der Waals surface area contributed by atoms with Crippen molar-refractivity contribution in [3.05, 3.63) is 29.3 Å². The van der Waals surface area contributed by atoms with Crippen LogP contribution in [0.4, 0.5) is 4.79 Å². The summed E-state index contributed by atoms with van der Waals surface area (Å²) in [5, 5.41) is 3.14. The summed E-state index contributed by atoms with van der Waals surface area (Å²) < 4.78 is 10.8. The van der Waals surface area contributed by atoms with Crippen molar-refractivity contribution in [3.8, 4) is 5.75 Å². The number of benzene rings is 1. The fraction of sp³-hybridized carbons (Fsp3) is 0.667. The molecule has 1 N–H and O–H groups in total. The number of methoxy groups -OCH3 is 1. The highest BCUT2D eigenvalue weighted by atomic mass is 16.5. The number of carbonyl (C=O) groups is 2. The Bertz CT molecular complexity index is 771. The Labute approximate surface area is 191 Å². The van der Waals surface area contributed by atoms with Gasteiger partial charge < -0.3 is 24.6 Å². The van der Waals surface area contributed by atoms with E-state index < -0.39 is 0 Å². The standard InChI is InChI=1S/C24H38N4O4/c1-18(2)15-21(26-11-13-32-14-12-26)17-25-24(30)28-9-7-27(8-10-28)23(29)20-6-5-19(3)22(16-20)31-4/h5-6,16,18,21H,7-15,17H2,1-4H3,(H,25,30). The predicted octanol–water partition coefficient (Wildman–Crippen LogP) is 2.22. The number of amides is 3. The van der Waals surface area contributed by atoms with Crippen LogP contribution >= 0.6 is 0 Å². The fourth-order valence-electron chi connectivity index (χ4n) is 4.41. The van der Waals surface area contributed by atoms with Gasteiger partial charge in [0.1, 0.15) is 5.75 Å². The number of carbonyl (C=O) groups excluding carboxylic acids is 2. The molecule has 8 heteroatoms. The summed E-state index contributed by atoms with van der Waals surface area (Å²) in [4.78, 5) is 31.7. The third-order valence-electron chi connectivity index (χ3n) is 6.30. The molecule has 2 saturated heterocycles. The number of nitrogens with zero attached hydrogens (tertiary/aromatic N) is 3. The van der Waals surface area contributed by atoms with Crippen LogP contribution in [0.1, 0.15) is 36.2 Å². The van der Waals surface area contributed by atoms with Gasteiger partial charge in [0.05, 0.1) is 20.3 Å². The van der Waals surface area contributed by atoms with E-state index in [-0.39, 0.29) is 11.9 Å². The maximum Gasteiger partial charge on any atom is 0.317 e. The van der Waals surface area contributed by atoms with Crippen molar-refractivity contribution in [3.63, 3.8) is 0 Å². The van der Waals surface area contributed by atoms with Gasteiger partial charge in [0, 0.05) is 57.4 Å². The molecule has 2 aliphatic rings. The van der Waals surface area contributed by atoms with E-state index in [9.17, 15) is 9.59 Å². The molecule has 0 radical (unpaired) electrons. The molecular weight excluding hydrogens is 408 g/mol. The normalized spacial score (nSPS) is 18.5. The second kappa shape index (κ2) is 11.5. The summed E-state index contributed by atoms with van der Waals surface area (Å²) in [5.41, 5.74) is 1.62. The van der Waals surface area contributed by atoms with E-state index >= 15 is 0 Å². The molecule has 1 atom stereocenters. The highest BCUT2D eigenvalue weighted by Gasteiger charge is 2.27. The first kappa shape index (κ1) is 24.3. The van der Waals surface area contributed by atoms with Gasteiger partial charge in [-0.1, -0.05) is 19.9 Å². The second-order valence-electron chi connectivity index (χ2n) is 9.08. The lowest BCUT2D eigenvalue weighted by atomic mass is 10.0. The topological polar surface area (TPSA) is 74.4 Å². The number of piperazine rings is 1. The van der Waals surface area contributed by atoms with Gasteiger partial charge in [-0.25, -0.2) is 4.79 Å². The van der Waals surface area contributed by atoms with Gasteiger partial charge >= 0.3 is 6.03 Å². The summed E-state index contributed by atoms with van der Waals surface area (Å²) in [5.74, 6) is 1.26. The number of aryl methyl sites for hydroxylation is 1. The lowest BCUT2D eigenvalue weighted by Gasteiger charge is -2.37. The number of ether oxygens (including phenoxy) is 2. The van der Waals surface area contributed by atoms with E-state index in [4.69, 9.17) is 9.47 Å². The highest BCUT2D eigenvalue weighted by Crippen LogP contribution is 2.20. The molecule has 0 aromatic heterocycles. The zero-order valence-electron chi connectivity index (χ0n) is 19.9. The molecule has 3 amide bonds. The molecule has 1 unspecified atom stereocenters. The number of morpholine rings is 1. The lowest BCUT2D eigenvalue weighted by molar-refractivity contribution is 0.0126. The monoisotopic (exact) mass is 446 g/mol. The van der Waals surface area contributed by atoms with Gasteiger partial charge in [-0.15, -0.1) is 0 Å². The molecule has 8 nitrogen and oxygen atoms in total. The Morgan fingerprint density at radius 2 is 1.72 bits per heavy atom. The minimum atomic E-state index is -0.0453. The van der Waals surface area contributed by atoms with Crippen molar-refractivity contribution < 1.29 is 19.1 Å². The number of rotatable bonds is 7. The zero-order valence-corrected chi connectivity index (χ0v) is 19.9. The van der Waals surface area contributed by atoms with Crippen molar-refractivity contribution in [2.45, 2.75) is 33.2 Å². The first-order valence-electron chi connectivity index (χ1n) is 11.7. The quantitative estimate of drug-likeness (QED) is 0.695. The van der Waals surface area contributed by atoms with Crippen molar-refractivity contribution in [2.24, 2.45) is 5.92 Å². The van der Waals surface area contributed by atoms with Crippen LogP contribution in [-0.2, 0) is 4.74 Å². The van der Waals surface area contributed by atoms with E-state index in [1.807, 2.05) is 28.9 Å². The van der Waals surface area contributed by atoms with Crippen molar-refractivity contribution in [1.82, 2.24) is 20.0 Å². The van der Waals surface area contributed by atoms with E-state index in [0.717, 1.165) is 38.3 Å². The van der Waals surface area contributed by atoms with Crippen LogP contribution in [0.5, 0.6) is 5.75 Å². The Kier molecular flexibility index (Phi) is 8.75. The minimum absolute atomic E-state index is 0.0207. The Balaban J connectivity index is 1.49. The third kappa shape index (κ3) is 6.36. The van der Waals surface area contributed by atoms with Gasteiger partial charge in [-0.3, -0.25) is 9.69 Å². The average Bonchev–Trinajstić information content (AvgIpc) is 2.82. The molecule has 3 rings (SSSR count).